The molecule has 0 aromatic carbocycles. The largest absolute Gasteiger partial charge is 0.348 e. The van der Waals surface area contributed by atoms with Crippen molar-refractivity contribution in [1.82, 2.24) is 20.6 Å². The molecule has 1 amide bonds. The summed E-state index contributed by atoms with van der Waals surface area (Å²) in [6, 6.07) is 2.03. The molecule has 2 aliphatic rings. The van der Waals surface area contributed by atoms with Crippen LogP contribution in [-0.4, -0.2) is 35.0 Å². The van der Waals surface area contributed by atoms with Gasteiger partial charge in [0, 0.05) is 18.8 Å². The van der Waals surface area contributed by atoms with E-state index in [0.29, 0.717) is 17.6 Å². The van der Waals surface area contributed by atoms with Gasteiger partial charge in [-0.15, -0.1) is 0 Å². The monoisotopic (exact) mass is 274 g/mol. The first-order valence-corrected chi connectivity index (χ1v) is 7.37. The molecule has 1 aromatic heterocycles. The van der Waals surface area contributed by atoms with Gasteiger partial charge in [-0.25, -0.2) is 9.97 Å². The lowest BCUT2D eigenvalue weighted by Crippen LogP contribution is -2.27. The highest BCUT2D eigenvalue weighted by molar-refractivity contribution is 5.92. The molecular formula is C15H22N4O. The molecule has 1 fully saturated rings. The fourth-order valence-corrected chi connectivity index (χ4v) is 1.95. The van der Waals surface area contributed by atoms with Crippen LogP contribution in [0, 0.1) is 0 Å². The summed E-state index contributed by atoms with van der Waals surface area (Å²) in [5.41, 5.74) is 1.58. The van der Waals surface area contributed by atoms with Crippen molar-refractivity contribution in [1.29, 1.82) is 0 Å². The third-order valence-corrected chi connectivity index (χ3v) is 3.15. The second kappa shape index (κ2) is 7.14. The first kappa shape index (κ1) is 14.7. The summed E-state index contributed by atoms with van der Waals surface area (Å²) in [5, 5.41) is 6.18. The Hall–Kier alpha value is -1.75. The molecule has 1 aliphatic heterocycles. The minimum absolute atomic E-state index is 0.0873. The van der Waals surface area contributed by atoms with Crippen molar-refractivity contribution >= 4 is 11.5 Å². The summed E-state index contributed by atoms with van der Waals surface area (Å²) in [7, 11) is 0. The van der Waals surface area contributed by atoms with Crippen molar-refractivity contribution in [3.05, 3.63) is 29.9 Å². The van der Waals surface area contributed by atoms with Crippen LogP contribution in [0.1, 0.15) is 49.4 Å². The molecule has 0 saturated heterocycles. The van der Waals surface area contributed by atoms with Gasteiger partial charge in [-0.3, -0.25) is 4.79 Å². The summed E-state index contributed by atoms with van der Waals surface area (Å²) in [6.45, 7) is 5.78. The quantitative estimate of drug-likeness (QED) is 0.881. The van der Waals surface area contributed by atoms with E-state index < -0.39 is 0 Å². The van der Waals surface area contributed by atoms with Crippen LogP contribution in [0.15, 0.2) is 18.3 Å². The van der Waals surface area contributed by atoms with E-state index in [9.17, 15) is 4.79 Å². The number of hydrogen-bond donors (Lipinski definition) is 2. The average Bonchev–Trinajstić information content (AvgIpc) is 3.34. The maximum Gasteiger partial charge on any atom is 0.270 e. The standard InChI is InChI=1S/C13H16N4O.C2H6/c18-13(16-10-1-2-10)11-5-8-15-12(17-11)9-3-6-14-7-4-9;1-2/h3,5,8,10,14H,1-2,4,6-7H2,(H,16,18);1-2H3. The van der Waals surface area contributed by atoms with Crippen LogP contribution in [0.3, 0.4) is 0 Å². The number of nitrogens with one attached hydrogen (secondary N) is 2. The summed E-state index contributed by atoms with van der Waals surface area (Å²) in [4.78, 5) is 20.5. The van der Waals surface area contributed by atoms with Crippen LogP contribution < -0.4 is 10.6 Å². The van der Waals surface area contributed by atoms with Crippen molar-refractivity contribution in [2.75, 3.05) is 13.1 Å². The van der Waals surface area contributed by atoms with Gasteiger partial charge in [-0.05, 0) is 37.4 Å². The first-order chi connectivity index (χ1) is 9.83. The molecule has 20 heavy (non-hydrogen) atoms. The van der Waals surface area contributed by atoms with Crippen LogP contribution in [0.5, 0.6) is 0 Å². The number of aromatic nitrogens is 2. The number of carbonyl (C=O) groups excluding carboxylic acids is 1. The molecule has 0 atom stereocenters. The molecule has 2 N–H and O–H groups in total. The lowest BCUT2D eigenvalue weighted by atomic mass is 10.1. The minimum Gasteiger partial charge on any atom is -0.348 e. The lowest BCUT2D eigenvalue weighted by Gasteiger charge is -2.13. The molecule has 1 aromatic rings. The number of rotatable bonds is 3. The zero-order chi connectivity index (χ0) is 14.4. The molecule has 108 valence electrons. The zero-order valence-electron chi connectivity index (χ0n) is 12.1. The van der Waals surface area contributed by atoms with Crippen LogP contribution >= 0.6 is 0 Å². The smallest absolute Gasteiger partial charge is 0.270 e. The van der Waals surface area contributed by atoms with Gasteiger partial charge in [0.2, 0.25) is 0 Å². The van der Waals surface area contributed by atoms with Gasteiger partial charge in [0.05, 0.1) is 0 Å². The average molecular weight is 274 g/mol. The number of amides is 1. The van der Waals surface area contributed by atoms with E-state index in [4.69, 9.17) is 0 Å². The lowest BCUT2D eigenvalue weighted by molar-refractivity contribution is 0.0946. The molecule has 0 radical (unpaired) electrons. The van der Waals surface area contributed by atoms with E-state index in [1.807, 2.05) is 13.8 Å². The highest BCUT2D eigenvalue weighted by atomic mass is 16.2. The van der Waals surface area contributed by atoms with Gasteiger partial charge in [0.1, 0.15) is 5.69 Å². The maximum absolute atomic E-state index is 11.9. The van der Waals surface area contributed by atoms with Gasteiger partial charge >= 0.3 is 0 Å². The Bertz CT molecular complexity index is 494. The second-order valence-electron chi connectivity index (χ2n) is 4.70. The molecule has 0 unspecified atom stereocenters. The van der Waals surface area contributed by atoms with E-state index in [1.165, 1.54) is 0 Å². The SMILES string of the molecule is CC.O=C(NC1CC1)c1ccnc(C2=CCNCC2)n1. The summed E-state index contributed by atoms with van der Waals surface area (Å²) in [5.74, 6) is 0.593. The maximum atomic E-state index is 11.9. The summed E-state index contributed by atoms with van der Waals surface area (Å²) < 4.78 is 0. The molecular weight excluding hydrogens is 252 g/mol. The highest BCUT2D eigenvalue weighted by Gasteiger charge is 2.24. The Balaban J connectivity index is 0.000000704. The molecule has 1 aliphatic carbocycles. The molecule has 5 nitrogen and oxygen atoms in total. The normalized spacial score (nSPS) is 17.6. The fourth-order valence-electron chi connectivity index (χ4n) is 1.95. The zero-order valence-corrected chi connectivity index (χ0v) is 12.1. The Morgan fingerprint density at radius 2 is 2.20 bits per heavy atom. The first-order valence-electron chi connectivity index (χ1n) is 7.37. The van der Waals surface area contributed by atoms with E-state index in [1.54, 1.807) is 12.3 Å². The molecule has 0 spiro atoms. The Labute approximate surface area is 119 Å². The van der Waals surface area contributed by atoms with Crippen LogP contribution in [-0.2, 0) is 0 Å². The van der Waals surface area contributed by atoms with E-state index in [2.05, 4.69) is 26.7 Å². The topological polar surface area (TPSA) is 66.9 Å². The summed E-state index contributed by atoms with van der Waals surface area (Å²) >= 11 is 0. The molecule has 2 heterocycles. The van der Waals surface area contributed by atoms with Gasteiger partial charge in [0.15, 0.2) is 5.82 Å². The number of carbonyl (C=O) groups is 1. The molecule has 5 heteroatoms. The second-order valence-corrected chi connectivity index (χ2v) is 4.70. The number of hydrogen-bond acceptors (Lipinski definition) is 4. The van der Waals surface area contributed by atoms with Gasteiger partial charge in [-0.2, -0.15) is 0 Å². The molecule has 3 rings (SSSR count). The van der Waals surface area contributed by atoms with Crippen LogP contribution in [0.25, 0.3) is 5.57 Å². The fraction of sp³-hybridized carbons (Fsp3) is 0.533. The third-order valence-electron chi connectivity index (χ3n) is 3.15. The van der Waals surface area contributed by atoms with E-state index >= 15 is 0 Å². The van der Waals surface area contributed by atoms with Crippen LogP contribution in [0.4, 0.5) is 0 Å². The highest BCUT2D eigenvalue weighted by Crippen LogP contribution is 2.19. The van der Waals surface area contributed by atoms with Crippen molar-refractivity contribution in [2.45, 2.75) is 39.2 Å². The van der Waals surface area contributed by atoms with Crippen molar-refractivity contribution in [3.8, 4) is 0 Å². The Morgan fingerprint density at radius 3 is 2.85 bits per heavy atom. The molecule has 0 bridgehead atoms. The van der Waals surface area contributed by atoms with Gasteiger partial charge < -0.3 is 10.6 Å². The van der Waals surface area contributed by atoms with Gasteiger partial charge in [0.25, 0.3) is 5.91 Å². The Morgan fingerprint density at radius 1 is 1.40 bits per heavy atom. The van der Waals surface area contributed by atoms with E-state index in [-0.39, 0.29) is 5.91 Å². The third kappa shape index (κ3) is 3.87. The van der Waals surface area contributed by atoms with Crippen molar-refractivity contribution in [2.24, 2.45) is 0 Å². The minimum atomic E-state index is -0.0873. The Kier molecular flexibility index (Phi) is 5.24. The predicted molar refractivity (Wildman–Crippen MR) is 79.3 cm³/mol. The van der Waals surface area contributed by atoms with Gasteiger partial charge in [-0.1, -0.05) is 19.9 Å². The predicted octanol–water partition coefficient (Wildman–Crippen LogP) is 1.77. The van der Waals surface area contributed by atoms with Crippen LogP contribution in [0.2, 0.25) is 0 Å². The summed E-state index contributed by atoms with van der Waals surface area (Å²) in [6.07, 6.45) is 6.82. The van der Waals surface area contributed by atoms with E-state index in [0.717, 1.165) is 37.9 Å². The number of nitrogens with zero attached hydrogens (tertiary/aromatic N) is 2. The molecule has 1 saturated carbocycles. The van der Waals surface area contributed by atoms with Crippen molar-refractivity contribution < 1.29 is 4.79 Å². The van der Waals surface area contributed by atoms with Crippen molar-refractivity contribution in [3.63, 3.8) is 0 Å².